The van der Waals surface area contributed by atoms with E-state index in [4.69, 9.17) is 23.2 Å². The van der Waals surface area contributed by atoms with E-state index in [-0.39, 0.29) is 12.1 Å². The van der Waals surface area contributed by atoms with Gasteiger partial charge in [-0.2, -0.15) is 5.10 Å². The minimum Gasteiger partial charge on any atom is -0.307 e. The van der Waals surface area contributed by atoms with E-state index >= 15 is 0 Å². The molecule has 3 rings (SSSR count). The van der Waals surface area contributed by atoms with Crippen molar-refractivity contribution in [2.24, 2.45) is 0 Å². The fraction of sp³-hybridized carbons (Fsp3) is 0.0588. The number of nitrogens with zero attached hydrogens (tertiary/aromatic N) is 2. The van der Waals surface area contributed by atoms with Gasteiger partial charge in [-0.25, -0.2) is 9.07 Å². The summed E-state index contributed by atoms with van der Waals surface area (Å²) in [7, 11) is 0. The second-order valence-electron chi connectivity index (χ2n) is 5.01. The standard InChI is InChI=1S/C17H12Cl2FN3O/c18-13-5-3-6-14(19)12(13)10-23-16(8-9-21-23)22-17(24)11-4-1-2-7-15(11)20/h1-9H,10H2,(H,22,24). The first-order chi connectivity index (χ1) is 11.6. The Balaban J connectivity index is 1.84. The Kier molecular flexibility index (Phi) is 4.83. The van der Waals surface area contributed by atoms with Gasteiger partial charge in [-0.1, -0.05) is 41.4 Å². The summed E-state index contributed by atoms with van der Waals surface area (Å²) in [5, 5.41) is 7.80. The fourth-order valence-electron chi connectivity index (χ4n) is 2.23. The van der Waals surface area contributed by atoms with Crippen molar-refractivity contribution in [2.75, 3.05) is 5.32 Å². The molecule has 0 aliphatic rings. The van der Waals surface area contributed by atoms with Crippen LogP contribution in [0.5, 0.6) is 0 Å². The Morgan fingerprint density at radius 1 is 1.08 bits per heavy atom. The number of aromatic nitrogens is 2. The molecule has 24 heavy (non-hydrogen) atoms. The van der Waals surface area contributed by atoms with Crippen molar-refractivity contribution < 1.29 is 9.18 Å². The summed E-state index contributed by atoms with van der Waals surface area (Å²) in [6.45, 7) is 0.276. The van der Waals surface area contributed by atoms with Crippen LogP contribution in [0.1, 0.15) is 15.9 Å². The number of carbonyl (C=O) groups excluding carboxylic acids is 1. The summed E-state index contributed by atoms with van der Waals surface area (Å²) in [6, 6.07) is 12.6. The Morgan fingerprint density at radius 3 is 2.50 bits per heavy atom. The van der Waals surface area contributed by atoms with Crippen molar-refractivity contribution in [2.45, 2.75) is 6.54 Å². The van der Waals surface area contributed by atoms with Crippen LogP contribution in [0.3, 0.4) is 0 Å². The van der Waals surface area contributed by atoms with Gasteiger partial charge in [0.1, 0.15) is 11.6 Å². The maximum Gasteiger partial charge on any atom is 0.259 e. The molecule has 1 amide bonds. The van der Waals surface area contributed by atoms with Crippen LogP contribution in [0.25, 0.3) is 0 Å². The van der Waals surface area contributed by atoms with Crippen LogP contribution >= 0.6 is 23.2 Å². The minimum atomic E-state index is -0.588. The van der Waals surface area contributed by atoms with Gasteiger partial charge in [0.2, 0.25) is 0 Å². The van der Waals surface area contributed by atoms with Crippen LogP contribution in [0, 0.1) is 5.82 Å². The van der Waals surface area contributed by atoms with Gasteiger partial charge in [0.25, 0.3) is 5.91 Å². The monoisotopic (exact) mass is 363 g/mol. The lowest BCUT2D eigenvalue weighted by atomic mass is 10.2. The minimum absolute atomic E-state index is 0.0407. The predicted octanol–water partition coefficient (Wildman–Crippen LogP) is 4.63. The smallest absolute Gasteiger partial charge is 0.259 e. The summed E-state index contributed by atoms with van der Waals surface area (Å²) in [5.74, 6) is -0.727. The predicted molar refractivity (Wildman–Crippen MR) is 92.1 cm³/mol. The molecule has 2 aromatic carbocycles. The van der Waals surface area contributed by atoms with Gasteiger partial charge < -0.3 is 5.32 Å². The number of anilines is 1. The summed E-state index contributed by atoms with van der Waals surface area (Å²) in [4.78, 5) is 12.2. The van der Waals surface area contributed by atoms with E-state index < -0.39 is 11.7 Å². The Morgan fingerprint density at radius 2 is 1.79 bits per heavy atom. The molecule has 0 fully saturated rings. The molecule has 7 heteroatoms. The summed E-state index contributed by atoms with van der Waals surface area (Å²) >= 11 is 12.3. The lowest BCUT2D eigenvalue weighted by Crippen LogP contribution is -2.17. The van der Waals surface area contributed by atoms with Crippen LogP contribution in [0.15, 0.2) is 54.7 Å². The molecule has 0 atom stereocenters. The van der Waals surface area contributed by atoms with Crippen molar-refractivity contribution in [1.82, 2.24) is 9.78 Å². The van der Waals surface area contributed by atoms with Gasteiger partial charge in [-0.05, 0) is 24.3 Å². The second-order valence-corrected chi connectivity index (χ2v) is 5.82. The van der Waals surface area contributed by atoms with E-state index in [2.05, 4.69) is 10.4 Å². The Hall–Kier alpha value is -2.37. The summed E-state index contributed by atoms with van der Waals surface area (Å²) in [6.07, 6.45) is 1.53. The summed E-state index contributed by atoms with van der Waals surface area (Å²) < 4.78 is 15.2. The van der Waals surface area contributed by atoms with Gasteiger partial charge in [-0.15, -0.1) is 0 Å². The molecule has 0 saturated heterocycles. The van der Waals surface area contributed by atoms with E-state index in [0.717, 1.165) is 0 Å². The number of hydrogen-bond acceptors (Lipinski definition) is 2. The summed E-state index contributed by atoms with van der Waals surface area (Å²) in [5.41, 5.74) is 0.645. The maximum atomic E-state index is 13.7. The highest BCUT2D eigenvalue weighted by Gasteiger charge is 2.14. The van der Waals surface area contributed by atoms with Crippen LogP contribution in [0.4, 0.5) is 10.2 Å². The maximum absolute atomic E-state index is 13.7. The van der Waals surface area contributed by atoms with Gasteiger partial charge >= 0.3 is 0 Å². The first kappa shape index (κ1) is 16.5. The highest BCUT2D eigenvalue weighted by molar-refractivity contribution is 6.36. The molecular weight excluding hydrogens is 352 g/mol. The van der Waals surface area contributed by atoms with Crippen LogP contribution in [0.2, 0.25) is 10.0 Å². The van der Waals surface area contributed by atoms with Crippen molar-refractivity contribution in [3.63, 3.8) is 0 Å². The number of amides is 1. The number of benzene rings is 2. The lowest BCUT2D eigenvalue weighted by Gasteiger charge is -2.11. The SMILES string of the molecule is O=C(Nc1ccnn1Cc1c(Cl)cccc1Cl)c1ccccc1F. The van der Waals surface area contributed by atoms with E-state index in [1.807, 2.05) is 0 Å². The van der Waals surface area contributed by atoms with E-state index in [0.29, 0.717) is 21.4 Å². The first-order valence-electron chi connectivity index (χ1n) is 7.07. The third-order valence-corrected chi connectivity index (χ3v) is 4.15. The van der Waals surface area contributed by atoms with E-state index in [1.165, 1.54) is 29.1 Å². The molecule has 0 spiro atoms. The average molecular weight is 364 g/mol. The molecule has 0 bridgehead atoms. The zero-order chi connectivity index (χ0) is 17.1. The van der Waals surface area contributed by atoms with Crippen LogP contribution in [-0.4, -0.2) is 15.7 Å². The van der Waals surface area contributed by atoms with Crippen molar-refractivity contribution in [3.05, 3.63) is 81.7 Å². The average Bonchev–Trinajstić information content (AvgIpc) is 2.98. The number of halogens is 3. The number of nitrogens with one attached hydrogen (secondary N) is 1. The third kappa shape index (κ3) is 3.42. The molecule has 0 unspecified atom stereocenters. The third-order valence-electron chi connectivity index (χ3n) is 3.45. The Labute approximate surface area is 147 Å². The molecule has 0 aliphatic carbocycles. The Bertz CT molecular complexity index is 875. The highest BCUT2D eigenvalue weighted by Crippen LogP contribution is 2.26. The van der Waals surface area contributed by atoms with Crippen molar-refractivity contribution >= 4 is 34.9 Å². The van der Waals surface area contributed by atoms with Crippen LogP contribution < -0.4 is 5.32 Å². The normalized spacial score (nSPS) is 10.6. The van der Waals surface area contributed by atoms with E-state index in [9.17, 15) is 9.18 Å². The topological polar surface area (TPSA) is 46.9 Å². The molecule has 1 N–H and O–H groups in total. The number of carbonyl (C=O) groups is 1. The number of hydrogen-bond donors (Lipinski definition) is 1. The molecule has 4 nitrogen and oxygen atoms in total. The van der Waals surface area contributed by atoms with Gasteiger partial charge in [0.15, 0.2) is 0 Å². The van der Waals surface area contributed by atoms with Crippen LogP contribution in [-0.2, 0) is 6.54 Å². The van der Waals surface area contributed by atoms with Gasteiger partial charge in [-0.3, -0.25) is 4.79 Å². The first-order valence-corrected chi connectivity index (χ1v) is 7.82. The van der Waals surface area contributed by atoms with Gasteiger partial charge in [0, 0.05) is 21.7 Å². The van der Waals surface area contributed by atoms with E-state index in [1.54, 1.807) is 30.3 Å². The fourth-order valence-corrected chi connectivity index (χ4v) is 2.74. The molecule has 0 aliphatic heterocycles. The van der Waals surface area contributed by atoms with Gasteiger partial charge in [0.05, 0.1) is 18.3 Å². The zero-order valence-electron chi connectivity index (χ0n) is 12.3. The zero-order valence-corrected chi connectivity index (χ0v) is 13.9. The lowest BCUT2D eigenvalue weighted by molar-refractivity contribution is 0.102. The molecule has 3 aromatic rings. The number of rotatable bonds is 4. The second kappa shape index (κ2) is 7.03. The van der Waals surface area contributed by atoms with Crippen molar-refractivity contribution in [1.29, 1.82) is 0 Å². The molecular formula is C17H12Cl2FN3O. The molecule has 1 aromatic heterocycles. The molecule has 0 saturated carbocycles. The highest BCUT2D eigenvalue weighted by atomic mass is 35.5. The quantitative estimate of drug-likeness (QED) is 0.734. The molecule has 122 valence electrons. The molecule has 1 heterocycles. The molecule has 0 radical (unpaired) electrons. The van der Waals surface area contributed by atoms with Crippen molar-refractivity contribution in [3.8, 4) is 0 Å². The largest absolute Gasteiger partial charge is 0.307 e.